The van der Waals surface area contributed by atoms with Crippen molar-refractivity contribution < 1.29 is 9.50 Å². The zero-order valence-electron chi connectivity index (χ0n) is 8.07. The fourth-order valence-corrected chi connectivity index (χ4v) is 1.61. The Bertz CT molecular complexity index is 414. The van der Waals surface area contributed by atoms with Crippen molar-refractivity contribution in [3.8, 4) is 6.07 Å². The molecule has 0 saturated heterocycles. The van der Waals surface area contributed by atoms with E-state index < -0.39 is 5.82 Å². The van der Waals surface area contributed by atoms with Crippen molar-refractivity contribution in [3.63, 3.8) is 0 Å². The second-order valence-electron chi connectivity index (χ2n) is 3.67. The number of nitrogens with zero attached hydrogens (tertiary/aromatic N) is 1. The van der Waals surface area contributed by atoms with Gasteiger partial charge in [-0.15, -0.1) is 0 Å². The smallest absolute Gasteiger partial charge is 0.143 e. The molecule has 2 atom stereocenters. The molecule has 1 aliphatic rings. The van der Waals surface area contributed by atoms with Crippen LogP contribution in [0, 0.1) is 17.1 Å². The normalized spacial score (nSPS) is 24.1. The van der Waals surface area contributed by atoms with E-state index in [0.29, 0.717) is 5.69 Å². The van der Waals surface area contributed by atoms with Gasteiger partial charge in [-0.25, -0.2) is 4.39 Å². The van der Waals surface area contributed by atoms with Gasteiger partial charge in [0.05, 0.1) is 17.8 Å². The molecule has 0 heterocycles. The first kappa shape index (κ1) is 9.94. The van der Waals surface area contributed by atoms with Gasteiger partial charge in [0, 0.05) is 0 Å². The highest BCUT2D eigenvalue weighted by molar-refractivity contribution is 5.58. The highest BCUT2D eigenvalue weighted by Crippen LogP contribution is 2.26. The second-order valence-corrected chi connectivity index (χ2v) is 3.67. The molecule has 15 heavy (non-hydrogen) atoms. The molecule has 0 unspecified atom stereocenters. The number of nitriles is 1. The number of rotatable bonds is 2. The third kappa shape index (κ3) is 1.79. The van der Waals surface area contributed by atoms with Crippen LogP contribution in [0.4, 0.5) is 10.1 Å². The van der Waals surface area contributed by atoms with Gasteiger partial charge in [0.15, 0.2) is 0 Å². The van der Waals surface area contributed by atoms with Crippen LogP contribution in [-0.4, -0.2) is 17.3 Å². The van der Waals surface area contributed by atoms with Crippen LogP contribution in [0.1, 0.15) is 18.4 Å². The maximum atomic E-state index is 13.2. The molecule has 3 nitrogen and oxygen atoms in total. The molecule has 1 saturated carbocycles. The Hall–Kier alpha value is -1.60. The van der Waals surface area contributed by atoms with Crippen LogP contribution in [0.5, 0.6) is 0 Å². The number of aliphatic hydroxyl groups is 1. The highest BCUT2D eigenvalue weighted by Gasteiger charge is 2.29. The zero-order chi connectivity index (χ0) is 10.8. The van der Waals surface area contributed by atoms with E-state index in [9.17, 15) is 9.50 Å². The highest BCUT2D eigenvalue weighted by atomic mass is 19.1. The summed E-state index contributed by atoms with van der Waals surface area (Å²) in [5.41, 5.74) is 0.470. The molecule has 0 spiro atoms. The summed E-state index contributed by atoms with van der Waals surface area (Å²) in [5, 5.41) is 21.1. The van der Waals surface area contributed by atoms with Gasteiger partial charge in [0.25, 0.3) is 0 Å². The van der Waals surface area contributed by atoms with Crippen LogP contribution < -0.4 is 5.32 Å². The van der Waals surface area contributed by atoms with E-state index in [1.54, 1.807) is 12.1 Å². The number of halogens is 1. The summed E-state index contributed by atoms with van der Waals surface area (Å²) >= 11 is 0. The SMILES string of the molecule is N#Cc1c(F)cccc1N[C@@H]1CC[C@H]1O. The number of benzene rings is 1. The predicted molar refractivity (Wildman–Crippen MR) is 53.8 cm³/mol. The first-order valence-electron chi connectivity index (χ1n) is 4.85. The third-order valence-corrected chi connectivity index (χ3v) is 2.70. The Balaban J connectivity index is 2.21. The molecule has 1 fully saturated rings. The summed E-state index contributed by atoms with van der Waals surface area (Å²) in [4.78, 5) is 0. The lowest BCUT2D eigenvalue weighted by Gasteiger charge is -2.34. The van der Waals surface area contributed by atoms with Crippen LogP contribution in [0.25, 0.3) is 0 Å². The van der Waals surface area contributed by atoms with E-state index in [1.807, 2.05) is 6.07 Å². The molecule has 1 aliphatic carbocycles. The quantitative estimate of drug-likeness (QED) is 0.773. The van der Waals surface area contributed by atoms with Crippen molar-refractivity contribution in [2.75, 3.05) is 5.32 Å². The summed E-state index contributed by atoms with van der Waals surface area (Å²) in [6.07, 6.45) is 1.22. The summed E-state index contributed by atoms with van der Waals surface area (Å²) < 4.78 is 13.2. The maximum absolute atomic E-state index is 13.2. The largest absolute Gasteiger partial charge is 0.391 e. The van der Waals surface area contributed by atoms with Crippen molar-refractivity contribution in [2.24, 2.45) is 0 Å². The van der Waals surface area contributed by atoms with E-state index in [1.165, 1.54) is 6.07 Å². The zero-order valence-corrected chi connectivity index (χ0v) is 8.07. The minimum absolute atomic E-state index is 0.0107. The molecule has 78 valence electrons. The van der Waals surface area contributed by atoms with Gasteiger partial charge in [0.1, 0.15) is 17.4 Å². The number of aliphatic hydroxyl groups excluding tert-OH is 1. The van der Waals surface area contributed by atoms with E-state index in [0.717, 1.165) is 12.8 Å². The van der Waals surface area contributed by atoms with E-state index in [4.69, 9.17) is 5.26 Å². The van der Waals surface area contributed by atoms with Crippen LogP contribution in [0.3, 0.4) is 0 Å². The fraction of sp³-hybridized carbons (Fsp3) is 0.364. The first-order chi connectivity index (χ1) is 7.22. The van der Waals surface area contributed by atoms with Gasteiger partial charge in [0.2, 0.25) is 0 Å². The first-order valence-corrected chi connectivity index (χ1v) is 4.85. The lowest BCUT2D eigenvalue weighted by atomic mass is 9.89. The molecule has 2 rings (SSSR count). The number of hydrogen-bond donors (Lipinski definition) is 2. The molecule has 4 heteroatoms. The molecular formula is C11H11FN2O. The maximum Gasteiger partial charge on any atom is 0.143 e. The Morgan fingerprint density at radius 1 is 1.47 bits per heavy atom. The average molecular weight is 206 g/mol. The number of anilines is 1. The van der Waals surface area contributed by atoms with Gasteiger partial charge in [-0.2, -0.15) is 5.26 Å². The number of nitrogens with one attached hydrogen (secondary N) is 1. The topological polar surface area (TPSA) is 56.0 Å². The van der Waals surface area contributed by atoms with Crippen molar-refractivity contribution >= 4 is 5.69 Å². The summed E-state index contributed by atoms with van der Waals surface area (Å²) in [7, 11) is 0. The molecule has 2 N–H and O–H groups in total. The minimum atomic E-state index is -0.531. The Morgan fingerprint density at radius 2 is 2.27 bits per heavy atom. The fourth-order valence-electron chi connectivity index (χ4n) is 1.61. The monoisotopic (exact) mass is 206 g/mol. The van der Waals surface area contributed by atoms with E-state index in [-0.39, 0.29) is 17.7 Å². The van der Waals surface area contributed by atoms with Crippen molar-refractivity contribution in [1.82, 2.24) is 0 Å². The Kier molecular flexibility index (Phi) is 2.57. The molecular weight excluding hydrogens is 195 g/mol. The third-order valence-electron chi connectivity index (χ3n) is 2.70. The summed E-state index contributed by atoms with van der Waals surface area (Å²) in [6.45, 7) is 0. The average Bonchev–Trinajstić information content (AvgIpc) is 2.24. The second kappa shape index (κ2) is 3.87. The molecule has 0 aromatic heterocycles. The summed E-state index contributed by atoms with van der Waals surface area (Å²) in [5.74, 6) is -0.531. The van der Waals surface area contributed by atoms with Gasteiger partial charge >= 0.3 is 0 Å². The van der Waals surface area contributed by atoms with Crippen LogP contribution in [-0.2, 0) is 0 Å². The van der Waals surface area contributed by atoms with Crippen molar-refractivity contribution in [2.45, 2.75) is 25.0 Å². The molecule has 1 aromatic rings. The Morgan fingerprint density at radius 3 is 2.80 bits per heavy atom. The minimum Gasteiger partial charge on any atom is -0.391 e. The van der Waals surface area contributed by atoms with Gasteiger partial charge < -0.3 is 10.4 Å². The molecule has 0 radical (unpaired) electrons. The molecule has 0 aliphatic heterocycles. The number of hydrogen-bond acceptors (Lipinski definition) is 3. The molecule has 0 bridgehead atoms. The van der Waals surface area contributed by atoms with Crippen molar-refractivity contribution in [1.29, 1.82) is 5.26 Å². The lowest BCUT2D eigenvalue weighted by molar-refractivity contribution is 0.0786. The lowest BCUT2D eigenvalue weighted by Crippen LogP contribution is -2.42. The Labute approximate surface area is 87.2 Å². The van der Waals surface area contributed by atoms with Crippen LogP contribution in [0.15, 0.2) is 18.2 Å². The standard InChI is InChI=1S/C11H11FN2O/c12-8-2-1-3-9(7(8)6-13)14-10-4-5-11(10)15/h1-3,10-11,14-15H,4-5H2/t10-,11-/m1/s1. The molecule has 1 aromatic carbocycles. The van der Waals surface area contributed by atoms with Crippen LogP contribution >= 0.6 is 0 Å². The van der Waals surface area contributed by atoms with Crippen molar-refractivity contribution in [3.05, 3.63) is 29.6 Å². The van der Waals surface area contributed by atoms with Gasteiger partial charge in [-0.1, -0.05) is 6.07 Å². The van der Waals surface area contributed by atoms with Gasteiger partial charge in [-0.05, 0) is 25.0 Å². The van der Waals surface area contributed by atoms with Crippen LogP contribution in [0.2, 0.25) is 0 Å². The predicted octanol–water partition coefficient (Wildman–Crippen LogP) is 1.63. The van der Waals surface area contributed by atoms with Gasteiger partial charge in [-0.3, -0.25) is 0 Å². The van der Waals surface area contributed by atoms with E-state index >= 15 is 0 Å². The summed E-state index contributed by atoms with van der Waals surface area (Å²) in [6, 6.07) is 6.20. The van der Waals surface area contributed by atoms with E-state index in [2.05, 4.69) is 5.32 Å². The molecule has 0 amide bonds.